The topological polar surface area (TPSA) is 54.0 Å². The molecule has 5 heteroatoms. The lowest BCUT2D eigenvalue weighted by molar-refractivity contribution is 0.0938. The lowest BCUT2D eigenvalue weighted by Gasteiger charge is -2.20. The molecule has 1 saturated heterocycles. The van der Waals surface area contributed by atoms with Crippen molar-refractivity contribution >= 4 is 17.2 Å². The van der Waals surface area contributed by atoms with Gasteiger partial charge in [-0.3, -0.25) is 4.79 Å². The zero-order chi connectivity index (χ0) is 18.5. The number of nitrogens with zero attached hydrogens (tertiary/aromatic N) is 1. The molecule has 0 unspecified atom stereocenters. The van der Waals surface area contributed by atoms with Crippen molar-refractivity contribution in [2.24, 2.45) is 0 Å². The lowest BCUT2D eigenvalue weighted by atomic mass is 9.98. The van der Waals surface area contributed by atoms with Crippen LogP contribution in [-0.2, 0) is 0 Å². The Morgan fingerprint density at radius 1 is 1.00 bits per heavy atom. The molecule has 0 saturated carbocycles. The molecule has 1 fully saturated rings. The summed E-state index contributed by atoms with van der Waals surface area (Å²) in [4.78, 5) is 17.6. The fraction of sp³-hybridized carbons (Fsp3) is 0.273. The van der Waals surface area contributed by atoms with E-state index in [0.717, 1.165) is 42.1 Å². The summed E-state index contributed by atoms with van der Waals surface area (Å²) in [6.07, 6.45) is 2.18. The third-order valence-corrected chi connectivity index (χ3v) is 5.99. The highest BCUT2D eigenvalue weighted by atomic mass is 32.1. The lowest BCUT2D eigenvalue weighted by Crippen LogP contribution is -2.30. The summed E-state index contributed by atoms with van der Waals surface area (Å²) in [6, 6.07) is 19.9. The highest BCUT2D eigenvalue weighted by Gasteiger charge is 2.22. The minimum atomic E-state index is -0.191. The number of benzene rings is 2. The molecular formula is C22H23N3OS. The van der Waals surface area contributed by atoms with Crippen LogP contribution in [0.5, 0.6) is 0 Å². The standard InChI is InChI=1S/C22H23N3OS/c26-21(19-15-27-22(24-19)18-11-13-23-14-12-18)25-20(16-7-3-1-4-8-16)17-9-5-2-6-10-17/h1-10,15,18,20,23H,11-14H2,(H,25,26). The van der Waals surface area contributed by atoms with Gasteiger partial charge in [-0.25, -0.2) is 4.98 Å². The monoisotopic (exact) mass is 377 g/mol. The van der Waals surface area contributed by atoms with Crippen LogP contribution in [0.3, 0.4) is 0 Å². The Hall–Kier alpha value is -2.50. The van der Waals surface area contributed by atoms with Gasteiger partial charge in [-0.05, 0) is 37.1 Å². The fourth-order valence-corrected chi connectivity index (χ4v) is 4.47. The summed E-state index contributed by atoms with van der Waals surface area (Å²) in [6.45, 7) is 2.05. The number of amides is 1. The summed E-state index contributed by atoms with van der Waals surface area (Å²) < 4.78 is 0. The second-order valence-electron chi connectivity index (χ2n) is 6.82. The molecule has 1 amide bonds. The first-order chi connectivity index (χ1) is 13.3. The van der Waals surface area contributed by atoms with Crippen LogP contribution in [0.1, 0.15) is 51.4 Å². The Morgan fingerprint density at radius 2 is 1.59 bits per heavy atom. The summed E-state index contributed by atoms with van der Waals surface area (Å²) in [5.41, 5.74) is 2.64. The number of hydrogen-bond donors (Lipinski definition) is 2. The number of carbonyl (C=O) groups excluding carboxylic acids is 1. The van der Waals surface area contributed by atoms with E-state index in [1.807, 2.05) is 66.0 Å². The summed E-state index contributed by atoms with van der Waals surface area (Å²) in [7, 11) is 0. The maximum Gasteiger partial charge on any atom is 0.271 e. The summed E-state index contributed by atoms with van der Waals surface area (Å²) in [5, 5.41) is 9.52. The largest absolute Gasteiger partial charge is 0.340 e. The van der Waals surface area contributed by atoms with Crippen LogP contribution < -0.4 is 10.6 Å². The third-order valence-electron chi connectivity index (χ3n) is 4.98. The van der Waals surface area contributed by atoms with Crippen LogP contribution in [0.2, 0.25) is 0 Å². The average molecular weight is 378 g/mol. The van der Waals surface area contributed by atoms with E-state index in [1.165, 1.54) is 0 Å². The zero-order valence-corrected chi connectivity index (χ0v) is 15.9. The van der Waals surface area contributed by atoms with Crippen molar-refractivity contribution in [3.05, 3.63) is 87.9 Å². The predicted octanol–water partition coefficient (Wildman–Crippen LogP) is 4.13. The van der Waals surface area contributed by atoms with Crippen LogP contribution in [0.4, 0.5) is 0 Å². The molecule has 2 heterocycles. The molecule has 138 valence electrons. The average Bonchev–Trinajstić information content (AvgIpc) is 3.24. The zero-order valence-electron chi connectivity index (χ0n) is 15.1. The molecule has 1 aliphatic heterocycles. The van der Waals surface area contributed by atoms with E-state index in [1.54, 1.807) is 11.3 Å². The Kier molecular flexibility index (Phi) is 5.61. The third kappa shape index (κ3) is 4.26. The van der Waals surface area contributed by atoms with E-state index < -0.39 is 0 Å². The fourth-order valence-electron chi connectivity index (χ4n) is 3.50. The number of piperidine rings is 1. The van der Waals surface area contributed by atoms with Gasteiger partial charge in [-0.2, -0.15) is 0 Å². The van der Waals surface area contributed by atoms with Gasteiger partial charge in [0.15, 0.2) is 0 Å². The SMILES string of the molecule is O=C(NC(c1ccccc1)c1ccccc1)c1csc(C2CCNCC2)n1. The number of carbonyl (C=O) groups is 1. The van der Waals surface area contributed by atoms with Gasteiger partial charge >= 0.3 is 0 Å². The Bertz CT molecular complexity index is 833. The van der Waals surface area contributed by atoms with Crippen molar-refractivity contribution in [2.45, 2.75) is 24.8 Å². The number of aromatic nitrogens is 1. The van der Waals surface area contributed by atoms with E-state index in [9.17, 15) is 4.79 Å². The van der Waals surface area contributed by atoms with Crippen molar-refractivity contribution in [3.63, 3.8) is 0 Å². The number of thiazole rings is 1. The number of hydrogen-bond acceptors (Lipinski definition) is 4. The Morgan fingerprint density at radius 3 is 2.19 bits per heavy atom. The molecule has 0 aliphatic carbocycles. The number of nitrogens with one attached hydrogen (secondary N) is 2. The summed E-state index contributed by atoms with van der Waals surface area (Å²) in [5.74, 6) is 0.348. The van der Waals surface area contributed by atoms with Crippen molar-refractivity contribution in [3.8, 4) is 0 Å². The van der Waals surface area contributed by atoms with Gasteiger partial charge in [-0.1, -0.05) is 60.7 Å². The molecule has 4 rings (SSSR count). The molecule has 2 N–H and O–H groups in total. The molecule has 0 radical (unpaired) electrons. The van der Waals surface area contributed by atoms with Gasteiger partial charge in [-0.15, -0.1) is 11.3 Å². The van der Waals surface area contributed by atoms with Crippen molar-refractivity contribution in [2.75, 3.05) is 13.1 Å². The van der Waals surface area contributed by atoms with Crippen LogP contribution in [0, 0.1) is 0 Å². The molecule has 1 aromatic heterocycles. The second kappa shape index (κ2) is 8.46. The quantitative estimate of drug-likeness (QED) is 0.703. The molecule has 1 aliphatic rings. The highest BCUT2D eigenvalue weighted by molar-refractivity contribution is 7.09. The first kappa shape index (κ1) is 17.9. The molecule has 4 nitrogen and oxygen atoms in total. The highest BCUT2D eigenvalue weighted by Crippen LogP contribution is 2.28. The van der Waals surface area contributed by atoms with Crippen molar-refractivity contribution in [1.82, 2.24) is 15.6 Å². The molecule has 3 aromatic rings. The Balaban J connectivity index is 1.54. The van der Waals surface area contributed by atoms with Crippen LogP contribution in [0.15, 0.2) is 66.0 Å². The molecule has 0 spiro atoms. The maximum atomic E-state index is 12.9. The minimum Gasteiger partial charge on any atom is -0.340 e. The van der Waals surface area contributed by atoms with Crippen LogP contribution in [-0.4, -0.2) is 24.0 Å². The van der Waals surface area contributed by atoms with E-state index >= 15 is 0 Å². The van der Waals surface area contributed by atoms with Gasteiger partial charge in [0.25, 0.3) is 5.91 Å². The maximum absolute atomic E-state index is 12.9. The van der Waals surface area contributed by atoms with Crippen LogP contribution >= 0.6 is 11.3 Å². The van der Waals surface area contributed by atoms with Gasteiger partial charge in [0.2, 0.25) is 0 Å². The minimum absolute atomic E-state index is 0.121. The van der Waals surface area contributed by atoms with E-state index in [0.29, 0.717) is 11.6 Å². The van der Waals surface area contributed by atoms with E-state index in [-0.39, 0.29) is 11.9 Å². The smallest absolute Gasteiger partial charge is 0.271 e. The van der Waals surface area contributed by atoms with Crippen molar-refractivity contribution in [1.29, 1.82) is 0 Å². The molecule has 27 heavy (non-hydrogen) atoms. The predicted molar refractivity (Wildman–Crippen MR) is 109 cm³/mol. The van der Waals surface area contributed by atoms with E-state index in [2.05, 4.69) is 15.6 Å². The van der Waals surface area contributed by atoms with Gasteiger partial charge in [0, 0.05) is 11.3 Å². The molecule has 0 atom stereocenters. The van der Waals surface area contributed by atoms with Gasteiger partial charge < -0.3 is 10.6 Å². The second-order valence-corrected chi connectivity index (χ2v) is 7.71. The van der Waals surface area contributed by atoms with Gasteiger partial charge in [0.1, 0.15) is 5.69 Å². The molecule has 0 bridgehead atoms. The normalized spacial score (nSPS) is 15.0. The number of rotatable bonds is 5. The first-order valence-corrected chi connectivity index (χ1v) is 10.3. The van der Waals surface area contributed by atoms with Crippen molar-refractivity contribution < 1.29 is 4.79 Å². The first-order valence-electron chi connectivity index (χ1n) is 9.38. The molecular weight excluding hydrogens is 354 g/mol. The van der Waals surface area contributed by atoms with Gasteiger partial charge in [0.05, 0.1) is 11.0 Å². The Labute approximate surface area is 163 Å². The van der Waals surface area contributed by atoms with Crippen LogP contribution in [0.25, 0.3) is 0 Å². The summed E-state index contributed by atoms with van der Waals surface area (Å²) >= 11 is 1.60. The van der Waals surface area contributed by atoms with E-state index in [4.69, 9.17) is 0 Å². The molecule has 2 aromatic carbocycles.